The quantitative estimate of drug-likeness (QED) is 0.778. The fourth-order valence-corrected chi connectivity index (χ4v) is 2.40. The number of carbonyl (C=O) groups excluding carboxylic acids is 1. The van der Waals surface area contributed by atoms with Gasteiger partial charge in [0.15, 0.2) is 11.4 Å². The zero-order chi connectivity index (χ0) is 19.5. The highest BCUT2D eigenvalue weighted by Gasteiger charge is 2.42. The van der Waals surface area contributed by atoms with Crippen LogP contribution in [0.4, 0.5) is 13.2 Å². The predicted molar refractivity (Wildman–Crippen MR) is 85.3 cm³/mol. The molecule has 2 N–H and O–H groups in total. The van der Waals surface area contributed by atoms with Crippen LogP contribution < -0.4 is 10.1 Å². The van der Waals surface area contributed by atoms with Crippen LogP contribution in [0.1, 0.15) is 35.9 Å². The van der Waals surface area contributed by atoms with Crippen molar-refractivity contribution >= 4 is 17.5 Å². The maximum absolute atomic E-state index is 13.0. The maximum Gasteiger partial charge on any atom is 0.409 e. The lowest BCUT2D eigenvalue weighted by molar-refractivity contribution is -0.165. The Bertz CT molecular complexity index is 817. The minimum absolute atomic E-state index is 0.110. The fourth-order valence-electron chi connectivity index (χ4n) is 2.40. The third-order valence-corrected chi connectivity index (χ3v) is 3.54. The second-order valence-electron chi connectivity index (χ2n) is 5.63. The van der Waals surface area contributed by atoms with E-state index in [0.717, 1.165) is 6.42 Å². The molecule has 1 amide bonds. The third kappa shape index (κ3) is 4.24. The number of aliphatic carboxylic acids is 1. The van der Waals surface area contributed by atoms with Gasteiger partial charge in [-0.2, -0.15) is 13.2 Å². The topological polar surface area (TPSA) is 92.9 Å². The van der Waals surface area contributed by atoms with Crippen LogP contribution in [0.3, 0.4) is 0 Å². The molecule has 2 heterocycles. The summed E-state index contributed by atoms with van der Waals surface area (Å²) in [5, 5.41) is 10.4. The minimum atomic E-state index is -4.89. The van der Waals surface area contributed by atoms with E-state index < -0.39 is 30.5 Å². The number of imidazole rings is 1. The summed E-state index contributed by atoms with van der Waals surface area (Å²) in [5.41, 5.74) is 0.387. The summed E-state index contributed by atoms with van der Waals surface area (Å²) in [6.45, 7) is 3.81. The Labute approximate surface area is 146 Å². The molecule has 1 atom stereocenters. The molecule has 0 fully saturated rings. The number of nitrogens with one attached hydrogen (secondary N) is 1. The Morgan fingerprint density at radius 2 is 2.12 bits per heavy atom. The molecule has 0 saturated carbocycles. The van der Waals surface area contributed by atoms with E-state index in [0.29, 0.717) is 18.0 Å². The number of fused-ring (bicyclic) bond motifs is 1. The smallest absolute Gasteiger partial charge is 0.409 e. The number of alkyl halides is 3. The third-order valence-electron chi connectivity index (χ3n) is 3.54. The lowest BCUT2D eigenvalue weighted by Gasteiger charge is -2.20. The molecule has 0 spiro atoms. The van der Waals surface area contributed by atoms with Gasteiger partial charge in [-0.15, -0.1) is 0 Å². The molecule has 1 unspecified atom stereocenters. The van der Waals surface area contributed by atoms with Gasteiger partial charge in [0.2, 0.25) is 0 Å². The lowest BCUT2D eigenvalue weighted by atomic mass is 10.2. The zero-order valence-electron chi connectivity index (χ0n) is 14.1. The van der Waals surface area contributed by atoms with Gasteiger partial charge >= 0.3 is 12.1 Å². The molecule has 10 heteroatoms. The van der Waals surface area contributed by atoms with Crippen LogP contribution in [-0.4, -0.2) is 45.2 Å². The van der Waals surface area contributed by atoms with E-state index in [2.05, 4.69) is 4.98 Å². The number of halogens is 3. The van der Waals surface area contributed by atoms with Crippen molar-refractivity contribution in [2.24, 2.45) is 0 Å². The first-order valence-corrected chi connectivity index (χ1v) is 7.85. The van der Waals surface area contributed by atoms with Crippen LogP contribution in [0.15, 0.2) is 18.3 Å². The normalized spacial score (nSPS) is 12.8. The van der Waals surface area contributed by atoms with Gasteiger partial charge in [-0.3, -0.25) is 14.0 Å². The van der Waals surface area contributed by atoms with Crippen molar-refractivity contribution in [3.63, 3.8) is 0 Å². The van der Waals surface area contributed by atoms with Gasteiger partial charge in [0.25, 0.3) is 5.91 Å². The molecule has 0 bridgehead atoms. The Hall–Kier alpha value is -2.78. The largest absolute Gasteiger partial charge is 0.490 e. The van der Waals surface area contributed by atoms with Crippen LogP contribution >= 0.6 is 0 Å². The van der Waals surface area contributed by atoms with E-state index in [1.54, 1.807) is 17.4 Å². The van der Waals surface area contributed by atoms with Crippen LogP contribution in [0, 0.1) is 6.92 Å². The van der Waals surface area contributed by atoms with Crippen molar-refractivity contribution in [2.75, 3.05) is 6.61 Å². The zero-order valence-corrected chi connectivity index (χ0v) is 14.1. The van der Waals surface area contributed by atoms with Crippen molar-refractivity contribution in [3.05, 3.63) is 29.7 Å². The van der Waals surface area contributed by atoms with E-state index in [4.69, 9.17) is 9.84 Å². The number of amides is 1. The van der Waals surface area contributed by atoms with Crippen molar-refractivity contribution in [1.82, 2.24) is 14.7 Å². The summed E-state index contributed by atoms with van der Waals surface area (Å²) in [6.07, 6.45) is -3.94. The molecule has 7 nitrogen and oxygen atoms in total. The number of ether oxygens (including phenoxy) is 1. The predicted octanol–water partition coefficient (Wildman–Crippen LogP) is 2.57. The number of carboxylic acids is 1. The molecule has 142 valence electrons. The first kappa shape index (κ1) is 19.5. The van der Waals surface area contributed by atoms with Crippen LogP contribution in [0.2, 0.25) is 0 Å². The van der Waals surface area contributed by atoms with Gasteiger partial charge in [0, 0.05) is 6.20 Å². The molecule has 0 aromatic carbocycles. The molecule has 2 aromatic rings. The van der Waals surface area contributed by atoms with Gasteiger partial charge in [0.05, 0.1) is 18.7 Å². The van der Waals surface area contributed by atoms with Crippen LogP contribution in [0.25, 0.3) is 5.65 Å². The lowest BCUT2D eigenvalue weighted by Crippen LogP contribution is -2.47. The molecule has 26 heavy (non-hydrogen) atoms. The molecule has 2 aromatic heterocycles. The summed E-state index contributed by atoms with van der Waals surface area (Å²) >= 11 is 0. The number of nitrogens with zero attached hydrogens (tertiary/aromatic N) is 2. The number of pyridine rings is 1. The Balaban J connectivity index is 2.38. The van der Waals surface area contributed by atoms with E-state index >= 15 is 0 Å². The standard InChI is InChI=1S/C16H18F3N3O4/c1-3-7-26-10-5-4-6-22-13(9(2)20-14(10)22)15(25)21-11(8-12(23)24)16(17,18)19/h4-6,11H,3,7-8H2,1-2H3,(H,21,25)(H,23,24). The second-order valence-corrected chi connectivity index (χ2v) is 5.63. The van der Waals surface area contributed by atoms with Crippen molar-refractivity contribution in [3.8, 4) is 5.75 Å². The number of carbonyl (C=O) groups is 2. The summed E-state index contributed by atoms with van der Waals surface area (Å²) in [7, 11) is 0. The van der Waals surface area contributed by atoms with Gasteiger partial charge in [-0.05, 0) is 25.5 Å². The number of hydrogen-bond donors (Lipinski definition) is 2. The first-order chi connectivity index (χ1) is 12.1. The summed E-state index contributed by atoms with van der Waals surface area (Å²) in [6, 6.07) is 0.716. The minimum Gasteiger partial charge on any atom is -0.490 e. The SMILES string of the molecule is CCCOc1cccn2c(C(=O)NC(CC(=O)O)C(F)(F)F)c(C)nc12. The highest BCUT2D eigenvalue weighted by atomic mass is 19.4. The highest BCUT2D eigenvalue weighted by Crippen LogP contribution is 2.25. The molecule has 0 saturated heterocycles. The fraction of sp³-hybridized carbons (Fsp3) is 0.438. The number of aromatic nitrogens is 2. The first-order valence-electron chi connectivity index (χ1n) is 7.85. The molecular formula is C16H18F3N3O4. The van der Waals surface area contributed by atoms with Gasteiger partial charge < -0.3 is 15.2 Å². The van der Waals surface area contributed by atoms with E-state index in [-0.39, 0.29) is 11.4 Å². The maximum atomic E-state index is 13.0. The molecule has 0 aliphatic carbocycles. The van der Waals surface area contributed by atoms with Gasteiger partial charge in [0.1, 0.15) is 11.7 Å². The van der Waals surface area contributed by atoms with E-state index in [1.807, 2.05) is 6.92 Å². The number of rotatable bonds is 7. The van der Waals surface area contributed by atoms with E-state index in [9.17, 15) is 22.8 Å². The number of hydrogen-bond acceptors (Lipinski definition) is 4. The van der Waals surface area contributed by atoms with Gasteiger partial charge in [-0.25, -0.2) is 4.98 Å². The van der Waals surface area contributed by atoms with E-state index in [1.165, 1.54) is 17.5 Å². The van der Waals surface area contributed by atoms with Crippen molar-refractivity contribution < 1.29 is 32.6 Å². The summed E-state index contributed by atoms with van der Waals surface area (Å²) < 4.78 is 45.8. The second kappa shape index (κ2) is 7.63. The van der Waals surface area contributed by atoms with Crippen LogP contribution in [0.5, 0.6) is 5.75 Å². The number of aryl methyl sites for hydroxylation is 1. The average Bonchev–Trinajstić information content (AvgIpc) is 2.87. The number of carboxylic acid groups (broad SMARTS) is 1. The Morgan fingerprint density at radius 1 is 1.42 bits per heavy atom. The average molecular weight is 373 g/mol. The summed E-state index contributed by atoms with van der Waals surface area (Å²) in [5.74, 6) is -2.33. The van der Waals surface area contributed by atoms with Crippen LogP contribution in [-0.2, 0) is 4.79 Å². The monoisotopic (exact) mass is 373 g/mol. The molecule has 2 rings (SSSR count). The van der Waals surface area contributed by atoms with Crippen molar-refractivity contribution in [2.45, 2.75) is 38.9 Å². The molecule has 0 radical (unpaired) electrons. The molecule has 0 aliphatic rings. The molecule has 0 aliphatic heterocycles. The summed E-state index contributed by atoms with van der Waals surface area (Å²) in [4.78, 5) is 27.3. The molecular weight excluding hydrogens is 355 g/mol. The van der Waals surface area contributed by atoms with Crippen molar-refractivity contribution in [1.29, 1.82) is 0 Å². The highest BCUT2D eigenvalue weighted by molar-refractivity contribution is 5.95. The Kier molecular flexibility index (Phi) is 5.73. The van der Waals surface area contributed by atoms with Gasteiger partial charge in [-0.1, -0.05) is 6.92 Å². The Morgan fingerprint density at radius 3 is 2.69 bits per heavy atom.